The highest BCUT2D eigenvalue weighted by atomic mass is 16.5. The molecule has 1 aliphatic rings. The fourth-order valence-electron chi connectivity index (χ4n) is 1.60. The molecule has 0 unspecified atom stereocenters. The van der Waals surface area contributed by atoms with Crippen LogP contribution >= 0.6 is 0 Å². The molecule has 1 aliphatic carbocycles. The van der Waals surface area contributed by atoms with Crippen LogP contribution in [0.3, 0.4) is 0 Å². The van der Waals surface area contributed by atoms with E-state index in [1.54, 1.807) is 18.2 Å². The van der Waals surface area contributed by atoms with Gasteiger partial charge < -0.3 is 20.4 Å². The summed E-state index contributed by atoms with van der Waals surface area (Å²) in [5.74, 6) is 2.08. The molecule has 1 aromatic rings. The van der Waals surface area contributed by atoms with Gasteiger partial charge in [-0.3, -0.25) is 0 Å². The van der Waals surface area contributed by atoms with Crippen LogP contribution in [-0.2, 0) is 0 Å². The van der Waals surface area contributed by atoms with Crippen LogP contribution in [-0.4, -0.2) is 24.3 Å². The Balaban J connectivity index is 2.16. The molecule has 1 fully saturated rings. The van der Waals surface area contributed by atoms with Gasteiger partial charge in [0.2, 0.25) is 0 Å². The summed E-state index contributed by atoms with van der Waals surface area (Å²) in [4.78, 5) is 0. The lowest BCUT2D eigenvalue weighted by atomic mass is 10.2. The minimum Gasteiger partial charge on any atom is -0.490 e. The van der Waals surface area contributed by atoms with Crippen LogP contribution < -0.4 is 15.2 Å². The van der Waals surface area contributed by atoms with E-state index in [2.05, 4.69) is 5.16 Å². The zero-order valence-electron chi connectivity index (χ0n) is 10.4. The number of nitrogens with zero attached hydrogens (tertiary/aromatic N) is 1. The van der Waals surface area contributed by atoms with Crippen molar-refractivity contribution in [3.05, 3.63) is 23.8 Å². The average Bonchev–Trinajstić information content (AvgIpc) is 3.20. The van der Waals surface area contributed by atoms with Gasteiger partial charge in [-0.1, -0.05) is 5.16 Å². The number of benzene rings is 1. The molecule has 18 heavy (non-hydrogen) atoms. The van der Waals surface area contributed by atoms with Gasteiger partial charge in [0.15, 0.2) is 17.3 Å². The second-order valence-electron chi connectivity index (χ2n) is 4.33. The molecular formula is C13H18N2O3. The van der Waals surface area contributed by atoms with Crippen LogP contribution in [0.15, 0.2) is 23.4 Å². The highest BCUT2D eigenvalue weighted by Crippen LogP contribution is 2.33. The van der Waals surface area contributed by atoms with E-state index >= 15 is 0 Å². The molecular weight excluding hydrogens is 232 g/mol. The van der Waals surface area contributed by atoms with Gasteiger partial charge in [0.05, 0.1) is 13.2 Å². The van der Waals surface area contributed by atoms with Crippen LogP contribution in [0.25, 0.3) is 0 Å². The maximum atomic E-state index is 8.65. The SMILES string of the molecule is CCOc1cc(/C(N)=N/O)ccc1OCC1CC1. The molecule has 3 N–H and O–H groups in total. The van der Waals surface area contributed by atoms with E-state index in [0.717, 1.165) is 6.61 Å². The van der Waals surface area contributed by atoms with Crippen molar-refractivity contribution in [1.82, 2.24) is 0 Å². The molecule has 0 heterocycles. The van der Waals surface area contributed by atoms with E-state index in [4.69, 9.17) is 20.4 Å². The molecule has 0 aromatic heterocycles. The molecule has 0 saturated heterocycles. The predicted octanol–water partition coefficient (Wildman–Crippen LogP) is 1.97. The van der Waals surface area contributed by atoms with Crippen molar-refractivity contribution in [3.63, 3.8) is 0 Å². The number of hydrogen-bond donors (Lipinski definition) is 2. The number of amidine groups is 1. The summed E-state index contributed by atoms with van der Waals surface area (Å²) in [6.07, 6.45) is 2.48. The summed E-state index contributed by atoms with van der Waals surface area (Å²) < 4.78 is 11.2. The molecule has 0 bridgehead atoms. The molecule has 0 atom stereocenters. The van der Waals surface area contributed by atoms with Gasteiger partial charge in [-0.2, -0.15) is 0 Å². The van der Waals surface area contributed by atoms with E-state index in [-0.39, 0.29) is 5.84 Å². The lowest BCUT2D eigenvalue weighted by Gasteiger charge is -2.12. The molecule has 98 valence electrons. The Hall–Kier alpha value is -1.91. The Morgan fingerprint density at radius 3 is 2.78 bits per heavy atom. The molecule has 2 rings (SSSR count). The number of ether oxygens (including phenoxy) is 2. The number of rotatable bonds is 6. The second kappa shape index (κ2) is 5.62. The summed E-state index contributed by atoms with van der Waals surface area (Å²) >= 11 is 0. The maximum absolute atomic E-state index is 8.65. The van der Waals surface area contributed by atoms with Crippen LogP contribution in [0.2, 0.25) is 0 Å². The molecule has 0 amide bonds. The van der Waals surface area contributed by atoms with Gasteiger partial charge in [0, 0.05) is 5.56 Å². The first-order chi connectivity index (χ1) is 8.74. The zero-order valence-corrected chi connectivity index (χ0v) is 10.4. The zero-order chi connectivity index (χ0) is 13.0. The van der Waals surface area contributed by atoms with E-state index in [1.807, 2.05) is 6.92 Å². The smallest absolute Gasteiger partial charge is 0.170 e. The third-order valence-electron chi connectivity index (χ3n) is 2.82. The largest absolute Gasteiger partial charge is 0.490 e. The van der Waals surface area contributed by atoms with Crippen molar-refractivity contribution in [3.8, 4) is 11.5 Å². The van der Waals surface area contributed by atoms with Crippen LogP contribution in [0.4, 0.5) is 0 Å². The highest BCUT2D eigenvalue weighted by molar-refractivity contribution is 5.97. The van der Waals surface area contributed by atoms with Gasteiger partial charge in [0.1, 0.15) is 0 Å². The van der Waals surface area contributed by atoms with Gasteiger partial charge >= 0.3 is 0 Å². The topological polar surface area (TPSA) is 77.1 Å². The third-order valence-corrected chi connectivity index (χ3v) is 2.82. The number of hydrogen-bond acceptors (Lipinski definition) is 4. The third kappa shape index (κ3) is 3.06. The summed E-state index contributed by atoms with van der Waals surface area (Å²) in [5, 5.41) is 11.6. The Morgan fingerprint density at radius 1 is 1.39 bits per heavy atom. The Bertz CT molecular complexity index is 442. The number of nitrogens with two attached hydrogens (primary N) is 1. The molecule has 0 radical (unpaired) electrons. The molecule has 0 spiro atoms. The minimum absolute atomic E-state index is 0.0599. The van der Waals surface area contributed by atoms with Gasteiger partial charge in [-0.05, 0) is 43.9 Å². The first kappa shape index (κ1) is 12.5. The average molecular weight is 250 g/mol. The summed E-state index contributed by atoms with van der Waals surface area (Å²) in [7, 11) is 0. The summed E-state index contributed by atoms with van der Waals surface area (Å²) in [6.45, 7) is 3.17. The van der Waals surface area contributed by atoms with Crippen molar-refractivity contribution in [2.24, 2.45) is 16.8 Å². The fraction of sp³-hybridized carbons (Fsp3) is 0.462. The lowest BCUT2D eigenvalue weighted by molar-refractivity contribution is 0.267. The van der Waals surface area contributed by atoms with E-state index in [1.165, 1.54) is 12.8 Å². The molecule has 5 heteroatoms. The molecule has 1 saturated carbocycles. The van der Waals surface area contributed by atoms with Gasteiger partial charge in [-0.25, -0.2) is 0 Å². The van der Waals surface area contributed by atoms with E-state index in [0.29, 0.717) is 29.6 Å². The van der Waals surface area contributed by atoms with Crippen LogP contribution in [0, 0.1) is 5.92 Å². The van der Waals surface area contributed by atoms with Crippen molar-refractivity contribution in [1.29, 1.82) is 0 Å². The quantitative estimate of drug-likeness (QED) is 0.350. The Kier molecular flexibility index (Phi) is 3.92. The highest BCUT2D eigenvalue weighted by Gasteiger charge is 2.22. The summed E-state index contributed by atoms with van der Waals surface area (Å²) in [6, 6.07) is 5.27. The normalized spacial score (nSPS) is 15.5. The lowest BCUT2D eigenvalue weighted by Crippen LogP contribution is -2.13. The minimum atomic E-state index is 0.0599. The summed E-state index contributed by atoms with van der Waals surface area (Å²) in [5.41, 5.74) is 6.16. The maximum Gasteiger partial charge on any atom is 0.170 e. The van der Waals surface area contributed by atoms with Crippen LogP contribution in [0.1, 0.15) is 25.3 Å². The van der Waals surface area contributed by atoms with Crippen molar-refractivity contribution < 1.29 is 14.7 Å². The van der Waals surface area contributed by atoms with Crippen molar-refractivity contribution >= 4 is 5.84 Å². The van der Waals surface area contributed by atoms with Crippen molar-refractivity contribution in [2.45, 2.75) is 19.8 Å². The molecule has 1 aromatic carbocycles. The van der Waals surface area contributed by atoms with E-state index in [9.17, 15) is 0 Å². The van der Waals surface area contributed by atoms with E-state index < -0.39 is 0 Å². The first-order valence-electron chi connectivity index (χ1n) is 6.12. The Morgan fingerprint density at radius 2 is 2.17 bits per heavy atom. The van der Waals surface area contributed by atoms with Crippen LogP contribution in [0.5, 0.6) is 11.5 Å². The Labute approximate surface area is 106 Å². The monoisotopic (exact) mass is 250 g/mol. The standard InChI is InChI=1S/C13H18N2O3/c1-2-17-12-7-10(13(14)15-16)5-6-11(12)18-8-9-3-4-9/h5-7,9,16H,2-4,8H2,1H3,(H2,14,15). The predicted molar refractivity (Wildman–Crippen MR) is 68.3 cm³/mol. The van der Waals surface area contributed by atoms with Gasteiger partial charge in [0.25, 0.3) is 0 Å². The second-order valence-corrected chi connectivity index (χ2v) is 4.33. The first-order valence-corrected chi connectivity index (χ1v) is 6.12. The number of oxime groups is 1. The van der Waals surface area contributed by atoms with Gasteiger partial charge in [-0.15, -0.1) is 0 Å². The molecule has 5 nitrogen and oxygen atoms in total. The fourth-order valence-corrected chi connectivity index (χ4v) is 1.60. The van der Waals surface area contributed by atoms with Crippen molar-refractivity contribution in [2.75, 3.05) is 13.2 Å². The molecule has 0 aliphatic heterocycles.